The lowest BCUT2D eigenvalue weighted by molar-refractivity contribution is -0.0980. The van der Waals surface area contributed by atoms with Gasteiger partial charge in [-0.3, -0.25) is 0 Å². The number of rotatable bonds is 5. The van der Waals surface area contributed by atoms with Gasteiger partial charge in [0.15, 0.2) is 0 Å². The fourth-order valence-electron chi connectivity index (χ4n) is 9.29. The molecule has 0 N–H and O–H groups in total. The Morgan fingerprint density at radius 3 is 0.965 bits per heavy atom. The number of fused-ring (bicyclic) bond motifs is 6. The van der Waals surface area contributed by atoms with Crippen molar-refractivity contribution in [1.82, 2.24) is 0 Å². The van der Waals surface area contributed by atoms with E-state index in [1.807, 2.05) is 6.79 Å². The minimum absolute atomic E-state index is 0.251. The molecular weight excluding hydrogens is 728 g/mol. The van der Waals surface area contributed by atoms with E-state index in [0.29, 0.717) is 0 Å². The highest BCUT2D eigenvalue weighted by atomic mass is 32.3. The predicted octanol–water partition coefficient (Wildman–Crippen LogP) is 14.8. The van der Waals surface area contributed by atoms with Gasteiger partial charge >= 0.3 is 0 Å². The molecule has 278 valence electrons. The number of carbonyl (C=O) groups excluding carboxylic acids is 1. The van der Waals surface area contributed by atoms with Crippen LogP contribution in [-0.2, 0) is 4.79 Å². The molecule has 57 heavy (non-hydrogen) atoms. The molecule has 3 heteroatoms. The van der Waals surface area contributed by atoms with Gasteiger partial charge in [0.25, 0.3) is 0 Å². The summed E-state index contributed by atoms with van der Waals surface area (Å²) in [7, 11) is -1.19. The van der Waals surface area contributed by atoms with E-state index in [1.165, 1.54) is 108 Å². The van der Waals surface area contributed by atoms with Crippen molar-refractivity contribution in [2.75, 3.05) is 32.1 Å². The fourth-order valence-corrected chi connectivity index (χ4v) is 11.7. The number of benzene rings is 10. The van der Waals surface area contributed by atoms with Crippen LogP contribution >= 0.6 is 17.9 Å². The third-order valence-corrected chi connectivity index (χ3v) is 14.6. The largest absolute Gasteiger partial charge is 0.307 e. The zero-order chi connectivity index (χ0) is 39.4. The molecule has 10 aromatic rings. The summed E-state index contributed by atoms with van der Waals surface area (Å²) in [4.78, 5) is 9.46. The van der Waals surface area contributed by atoms with Gasteiger partial charge in [-0.1, -0.05) is 172 Å². The highest BCUT2D eigenvalue weighted by Crippen LogP contribution is 2.53. The smallest absolute Gasteiger partial charge is 0.106 e. The Balaban J connectivity index is 0.00000208. The highest BCUT2D eigenvalue weighted by molar-refractivity contribution is 8.32. The highest BCUT2D eigenvalue weighted by Gasteiger charge is 2.24. The SMILES string of the molecule is C=O.CP(C)c1ccc(-c2c3ccccc3c(-c3c4ccccc4c(-c4ccc(S(C)(C)C)c5ccccc45)c4ccccc34)c3ccccc23)c2ccccc12. The van der Waals surface area contributed by atoms with Crippen LogP contribution in [-0.4, -0.2) is 38.9 Å². The minimum Gasteiger partial charge on any atom is -0.307 e. The van der Waals surface area contributed by atoms with Gasteiger partial charge in [-0.25, -0.2) is 10.0 Å². The molecule has 0 heterocycles. The van der Waals surface area contributed by atoms with Gasteiger partial charge in [0.05, 0.1) is 0 Å². The van der Waals surface area contributed by atoms with Crippen LogP contribution in [0.5, 0.6) is 0 Å². The van der Waals surface area contributed by atoms with E-state index in [1.54, 1.807) is 0 Å². The molecule has 0 atom stereocenters. The topological polar surface area (TPSA) is 17.1 Å². The van der Waals surface area contributed by atoms with Crippen molar-refractivity contribution in [2.45, 2.75) is 4.90 Å². The zero-order valence-electron chi connectivity index (χ0n) is 33.1. The van der Waals surface area contributed by atoms with E-state index < -0.39 is 10.0 Å². The van der Waals surface area contributed by atoms with Crippen LogP contribution in [0.1, 0.15) is 0 Å². The van der Waals surface area contributed by atoms with Crippen molar-refractivity contribution >= 4 is 94.7 Å². The van der Waals surface area contributed by atoms with Gasteiger partial charge in [0, 0.05) is 0 Å². The Labute approximate surface area is 338 Å². The standard InChI is InChI=1S/C53H43PS.CH2O/c1-54(2)48-32-30-46(34-18-6-8-20-36(34)48)50-38-22-10-14-26-42(38)52(43-27-15-11-23-39(43)50)53-44-28-16-12-24-40(44)51(41-25-13-17-29-45(41)53)47-31-33-49(55(3,4)5)37-21-9-7-19-35(37)47;1-2/h6-33H,1-5H3;1H2. The lowest BCUT2D eigenvalue weighted by atomic mass is 9.80. The molecule has 0 aliphatic carbocycles. The molecule has 0 bridgehead atoms. The monoisotopic (exact) mass is 772 g/mol. The molecule has 0 saturated heterocycles. The maximum Gasteiger partial charge on any atom is 0.106 e. The summed E-state index contributed by atoms with van der Waals surface area (Å²) in [6.07, 6.45) is 7.20. The van der Waals surface area contributed by atoms with Gasteiger partial charge in [0.2, 0.25) is 0 Å². The second kappa shape index (κ2) is 14.6. The van der Waals surface area contributed by atoms with E-state index in [2.05, 4.69) is 202 Å². The van der Waals surface area contributed by atoms with Crippen molar-refractivity contribution in [3.63, 3.8) is 0 Å². The summed E-state index contributed by atoms with van der Waals surface area (Å²) in [5.41, 5.74) is 7.82. The van der Waals surface area contributed by atoms with Crippen LogP contribution in [0.2, 0.25) is 0 Å². The Hall–Kier alpha value is -5.79. The Morgan fingerprint density at radius 2 is 0.614 bits per heavy atom. The number of hydrogen-bond donors (Lipinski definition) is 0. The summed E-state index contributed by atoms with van der Waals surface area (Å²) in [6, 6.07) is 64.2. The Bertz CT molecular complexity index is 3080. The summed E-state index contributed by atoms with van der Waals surface area (Å²) in [5.74, 6) is 0. The molecule has 0 aliphatic heterocycles. The average molecular weight is 773 g/mol. The molecule has 1 nitrogen and oxygen atoms in total. The van der Waals surface area contributed by atoms with Gasteiger partial charge in [-0.15, -0.1) is 0 Å². The summed E-state index contributed by atoms with van der Waals surface area (Å²) in [5, 5.41) is 17.1. The van der Waals surface area contributed by atoms with Crippen LogP contribution in [0.3, 0.4) is 0 Å². The molecule has 0 aliphatic rings. The van der Waals surface area contributed by atoms with Gasteiger partial charge in [-0.05, 0) is 146 Å². The van der Waals surface area contributed by atoms with Crippen molar-refractivity contribution in [3.05, 3.63) is 170 Å². The summed E-state index contributed by atoms with van der Waals surface area (Å²) in [6.45, 7) is 6.72. The molecule has 10 aromatic carbocycles. The molecule has 0 unspecified atom stereocenters. The van der Waals surface area contributed by atoms with Crippen LogP contribution in [0.4, 0.5) is 0 Å². The van der Waals surface area contributed by atoms with Crippen LogP contribution in [0.15, 0.2) is 175 Å². The second-order valence-corrected chi connectivity index (χ2v) is 22.1. The average Bonchev–Trinajstić information content (AvgIpc) is 3.24. The van der Waals surface area contributed by atoms with Crippen molar-refractivity contribution in [2.24, 2.45) is 0 Å². The van der Waals surface area contributed by atoms with Crippen LogP contribution < -0.4 is 5.30 Å². The molecule has 0 fully saturated rings. The fraction of sp³-hybridized carbons (Fsp3) is 0.0926. The lowest BCUT2D eigenvalue weighted by Gasteiger charge is -2.28. The van der Waals surface area contributed by atoms with E-state index >= 15 is 0 Å². The third-order valence-electron chi connectivity index (χ3n) is 11.6. The summed E-state index contributed by atoms with van der Waals surface area (Å²) >= 11 is 0. The molecule has 0 aromatic heterocycles. The van der Waals surface area contributed by atoms with Crippen molar-refractivity contribution < 1.29 is 4.79 Å². The predicted molar refractivity (Wildman–Crippen MR) is 257 cm³/mol. The lowest BCUT2D eigenvalue weighted by Crippen LogP contribution is -2.02. The Morgan fingerprint density at radius 1 is 0.333 bits per heavy atom. The minimum atomic E-state index is -0.939. The number of hydrogen-bond acceptors (Lipinski definition) is 1. The van der Waals surface area contributed by atoms with E-state index in [0.717, 1.165) is 0 Å². The Kier molecular flexibility index (Phi) is 9.44. The second-order valence-electron chi connectivity index (χ2n) is 15.7. The van der Waals surface area contributed by atoms with E-state index in [-0.39, 0.29) is 7.92 Å². The molecule has 0 radical (unpaired) electrons. The summed E-state index contributed by atoms with van der Waals surface area (Å²) < 4.78 is 0. The molecule has 10 rings (SSSR count). The number of carbonyl (C=O) groups is 1. The van der Waals surface area contributed by atoms with Crippen LogP contribution in [0, 0.1) is 0 Å². The van der Waals surface area contributed by atoms with Crippen molar-refractivity contribution in [3.8, 4) is 33.4 Å². The molecule has 0 spiro atoms. The molecule has 0 amide bonds. The first-order valence-corrected chi connectivity index (χ1v) is 24.5. The quantitative estimate of drug-likeness (QED) is 0.126. The molecule has 0 saturated carbocycles. The van der Waals surface area contributed by atoms with Crippen molar-refractivity contribution in [1.29, 1.82) is 0 Å². The van der Waals surface area contributed by atoms with Gasteiger partial charge in [-0.2, -0.15) is 0 Å². The first-order valence-electron chi connectivity index (χ1n) is 19.4. The maximum atomic E-state index is 8.00. The van der Waals surface area contributed by atoms with Gasteiger partial charge in [0.1, 0.15) is 6.79 Å². The first kappa shape index (κ1) is 36.8. The zero-order valence-corrected chi connectivity index (χ0v) is 34.8. The first-order chi connectivity index (χ1) is 27.8. The molecular formula is C54H45OPS. The van der Waals surface area contributed by atoms with Gasteiger partial charge < -0.3 is 4.79 Å². The van der Waals surface area contributed by atoms with Crippen LogP contribution in [0.25, 0.3) is 98.0 Å². The van der Waals surface area contributed by atoms with E-state index in [9.17, 15) is 0 Å². The third kappa shape index (κ3) is 5.94. The maximum absolute atomic E-state index is 8.00. The normalized spacial score (nSPS) is 12.2. The van der Waals surface area contributed by atoms with E-state index in [4.69, 9.17) is 4.79 Å².